The molecule has 1 heterocycles. The molecule has 1 rings (SSSR count). The predicted octanol–water partition coefficient (Wildman–Crippen LogP) is -0.196. The van der Waals surface area contributed by atoms with Gasteiger partial charge in [-0.1, -0.05) is 6.42 Å². The molecule has 0 aromatic rings. The molecular formula is C10H19NO5S2. The van der Waals surface area contributed by atoms with Crippen molar-refractivity contribution in [1.82, 2.24) is 4.31 Å². The molecule has 106 valence electrons. The summed E-state index contributed by atoms with van der Waals surface area (Å²) >= 11 is 0. The normalized spacial score (nSPS) is 22.9. The number of hydrogen-bond donors (Lipinski definition) is 0. The fourth-order valence-electron chi connectivity index (χ4n) is 2.02. The van der Waals surface area contributed by atoms with Crippen LogP contribution in [-0.4, -0.2) is 57.3 Å². The van der Waals surface area contributed by atoms with Gasteiger partial charge in [0.1, 0.15) is 15.6 Å². The van der Waals surface area contributed by atoms with Gasteiger partial charge >= 0.3 is 0 Å². The number of Topliss-reactive ketones (excluding diaryl/α,β-unsaturated/α-hetero) is 1. The first-order chi connectivity index (χ1) is 8.13. The SMILES string of the molecule is CC(=O)C1CCCCN1S(=O)(=O)CCS(C)(=O)=O. The van der Waals surface area contributed by atoms with E-state index in [1.165, 1.54) is 11.2 Å². The van der Waals surface area contributed by atoms with Crippen molar-refractivity contribution < 1.29 is 21.6 Å². The average Bonchev–Trinajstić information content (AvgIpc) is 2.26. The number of nitrogens with zero attached hydrogens (tertiary/aromatic N) is 1. The Bertz CT molecular complexity index is 508. The minimum atomic E-state index is -3.68. The molecule has 1 aliphatic heterocycles. The number of rotatable bonds is 5. The molecule has 1 unspecified atom stereocenters. The molecule has 0 radical (unpaired) electrons. The Hall–Kier alpha value is -0.470. The van der Waals surface area contributed by atoms with E-state index in [9.17, 15) is 21.6 Å². The van der Waals surface area contributed by atoms with Crippen LogP contribution < -0.4 is 0 Å². The third-order valence-corrected chi connectivity index (χ3v) is 6.07. The molecule has 6 nitrogen and oxygen atoms in total. The van der Waals surface area contributed by atoms with Gasteiger partial charge in [0.2, 0.25) is 10.0 Å². The summed E-state index contributed by atoms with van der Waals surface area (Å²) in [5, 5.41) is 0. The molecule has 1 fully saturated rings. The highest BCUT2D eigenvalue weighted by Gasteiger charge is 2.34. The molecule has 0 aromatic carbocycles. The monoisotopic (exact) mass is 297 g/mol. The summed E-state index contributed by atoms with van der Waals surface area (Å²) < 4.78 is 47.3. The summed E-state index contributed by atoms with van der Waals surface area (Å²) in [4.78, 5) is 11.4. The van der Waals surface area contributed by atoms with E-state index in [0.717, 1.165) is 12.7 Å². The number of ketones is 1. The number of carbonyl (C=O) groups is 1. The number of carbonyl (C=O) groups excluding carboxylic acids is 1. The van der Waals surface area contributed by atoms with Crippen LogP contribution in [0, 0.1) is 0 Å². The van der Waals surface area contributed by atoms with Gasteiger partial charge in [-0.2, -0.15) is 4.31 Å². The molecule has 1 aliphatic rings. The van der Waals surface area contributed by atoms with E-state index >= 15 is 0 Å². The minimum Gasteiger partial charge on any atom is -0.298 e. The Balaban J connectivity index is 2.85. The molecule has 1 atom stereocenters. The molecular weight excluding hydrogens is 278 g/mol. The van der Waals surface area contributed by atoms with Crippen molar-refractivity contribution in [1.29, 1.82) is 0 Å². The van der Waals surface area contributed by atoms with Crippen molar-refractivity contribution in [3.63, 3.8) is 0 Å². The highest BCUT2D eigenvalue weighted by Crippen LogP contribution is 2.21. The van der Waals surface area contributed by atoms with Crippen LogP contribution >= 0.6 is 0 Å². The number of hydrogen-bond acceptors (Lipinski definition) is 5. The Morgan fingerprint density at radius 2 is 1.78 bits per heavy atom. The van der Waals surface area contributed by atoms with Crippen LogP contribution in [0.1, 0.15) is 26.2 Å². The lowest BCUT2D eigenvalue weighted by molar-refractivity contribution is -0.121. The van der Waals surface area contributed by atoms with Gasteiger partial charge in [-0.25, -0.2) is 16.8 Å². The van der Waals surface area contributed by atoms with Gasteiger partial charge < -0.3 is 0 Å². The van der Waals surface area contributed by atoms with Crippen molar-refractivity contribution in [3.8, 4) is 0 Å². The van der Waals surface area contributed by atoms with E-state index in [1.807, 2.05) is 0 Å². The number of piperidine rings is 1. The first-order valence-electron chi connectivity index (χ1n) is 5.81. The van der Waals surface area contributed by atoms with Crippen LogP contribution in [0.5, 0.6) is 0 Å². The van der Waals surface area contributed by atoms with Crippen LogP contribution in [0.3, 0.4) is 0 Å². The standard InChI is InChI=1S/C10H19NO5S2/c1-9(12)10-5-3-4-6-11(10)18(15,16)8-7-17(2,13)14/h10H,3-8H2,1-2H3. The summed E-state index contributed by atoms with van der Waals surface area (Å²) in [6.45, 7) is 1.67. The van der Waals surface area contributed by atoms with Gasteiger partial charge in [-0.05, 0) is 19.8 Å². The van der Waals surface area contributed by atoms with Crippen LogP contribution in [0.4, 0.5) is 0 Å². The lowest BCUT2D eigenvalue weighted by Crippen LogP contribution is -2.48. The minimum absolute atomic E-state index is 0.183. The van der Waals surface area contributed by atoms with Crippen molar-refractivity contribution >= 4 is 25.6 Å². The molecule has 0 saturated carbocycles. The summed E-state index contributed by atoms with van der Waals surface area (Å²) in [5.74, 6) is -1.04. The molecule has 18 heavy (non-hydrogen) atoms. The van der Waals surface area contributed by atoms with Gasteiger partial charge in [0.05, 0.1) is 17.5 Å². The first-order valence-corrected chi connectivity index (χ1v) is 9.48. The maximum Gasteiger partial charge on any atom is 0.215 e. The first kappa shape index (κ1) is 15.6. The zero-order chi connectivity index (χ0) is 14.0. The third-order valence-electron chi connectivity index (χ3n) is 2.99. The number of sulfone groups is 1. The maximum absolute atomic E-state index is 12.1. The molecule has 8 heteroatoms. The largest absolute Gasteiger partial charge is 0.298 e. The molecule has 1 saturated heterocycles. The van der Waals surface area contributed by atoms with Crippen LogP contribution in [-0.2, 0) is 24.7 Å². The van der Waals surface area contributed by atoms with Gasteiger partial charge in [-0.3, -0.25) is 4.79 Å². The summed E-state index contributed by atoms with van der Waals surface area (Å²) in [7, 11) is -7.00. The lowest BCUT2D eigenvalue weighted by atomic mass is 10.0. The van der Waals surface area contributed by atoms with Crippen molar-refractivity contribution in [2.75, 3.05) is 24.3 Å². The number of sulfonamides is 1. The van der Waals surface area contributed by atoms with E-state index < -0.39 is 37.4 Å². The quantitative estimate of drug-likeness (QED) is 0.701. The topological polar surface area (TPSA) is 88.6 Å². The average molecular weight is 297 g/mol. The van der Waals surface area contributed by atoms with E-state index in [1.54, 1.807) is 0 Å². The fourth-order valence-corrected chi connectivity index (χ4v) is 5.35. The second kappa shape index (κ2) is 5.66. The maximum atomic E-state index is 12.1. The highest BCUT2D eigenvalue weighted by atomic mass is 32.2. The second-order valence-electron chi connectivity index (χ2n) is 4.68. The van der Waals surface area contributed by atoms with Crippen LogP contribution in [0.15, 0.2) is 0 Å². The third kappa shape index (κ3) is 4.33. The Morgan fingerprint density at radius 1 is 1.17 bits per heavy atom. The Kier molecular flexibility index (Phi) is 4.90. The van der Waals surface area contributed by atoms with Crippen LogP contribution in [0.2, 0.25) is 0 Å². The van der Waals surface area contributed by atoms with Crippen molar-refractivity contribution in [2.24, 2.45) is 0 Å². The van der Waals surface area contributed by atoms with Gasteiger partial charge in [0.25, 0.3) is 0 Å². The van der Waals surface area contributed by atoms with E-state index in [0.29, 0.717) is 19.4 Å². The zero-order valence-corrected chi connectivity index (χ0v) is 12.3. The predicted molar refractivity (Wildman–Crippen MR) is 68.5 cm³/mol. The summed E-state index contributed by atoms with van der Waals surface area (Å²) in [5.41, 5.74) is 0. The van der Waals surface area contributed by atoms with Gasteiger partial charge in [0, 0.05) is 12.8 Å². The van der Waals surface area contributed by atoms with Gasteiger partial charge in [0.15, 0.2) is 0 Å². The lowest BCUT2D eigenvalue weighted by Gasteiger charge is -2.32. The van der Waals surface area contributed by atoms with E-state index in [4.69, 9.17) is 0 Å². The molecule has 0 N–H and O–H groups in total. The van der Waals surface area contributed by atoms with E-state index in [-0.39, 0.29) is 5.78 Å². The molecule has 0 aromatic heterocycles. The zero-order valence-electron chi connectivity index (χ0n) is 10.6. The van der Waals surface area contributed by atoms with Crippen LogP contribution in [0.25, 0.3) is 0 Å². The molecule has 0 aliphatic carbocycles. The summed E-state index contributed by atoms with van der Waals surface area (Å²) in [6, 6.07) is -0.622. The van der Waals surface area contributed by atoms with Crippen molar-refractivity contribution in [2.45, 2.75) is 32.2 Å². The fraction of sp³-hybridized carbons (Fsp3) is 0.900. The second-order valence-corrected chi connectivity index (χ2v) is 8.98. The smallest absolute Gasteiger partial charge is 0.215 e. The molecule has 0 amide bonds. The summed E-state index contributed by atoms with van der Waals surface area (Å²) in [6.07, 6.45) is 3.05. The van der Waals surface area contributed by atoms with Crippen molar-refractivity contribution in [3.05, 3.63) is 0 Å². The van der Waals surface area contributed by atoms with E-state index in [2.05, 4.69) is 0 Å². The molecule has 0 spiro atoms. The highest BCUT2D eigenvalue weighted by molar-refractivity contribution is 7.93. The van der Waals surface area contributed by atoms with Gasteiger partial charge in [-0.15, -0.1) is 0 Å². The molecule has 0 bridgehead atoms. The Labute approximate surface area is 108 Å². The Morgan fingerprint density at radius 3 is 2.28 bits per heavy atom.